The molecule has 2 aromatic carbocycles. The van der Waals surface area contributed by atoms with Crippen molar-refractivity contribution in [2.24, 2.45) is 5.41 Å². The molecule has 2 aliphatic rings. The number of hydrogen-bond donors (Lipinski definition) is 1. The van der Waals surface area contributed by atoms with Crippen LogP contribution < -0.4 is 19.5 Å². The molecule has 8 nitrogen and oxygen atoms in total. The molecule has 0 spiro atoms. The fourth-order valence-electron chi connectivity index (χ4n) is 4.04. The summed E-state index contributed by atoms with van der Waals surface area (Å²) in [7, 11) is 0. The van der Waals surface area contributed by atoms with Gasteiger partial charge in [-0.2, -0.15) is 0 Å². The number of carbonyl (C=O) groups is 2. The van der Waals surface area contributed by atoms with Gasteiger partial charge in [-0.1, -0.05) is 18.2 Å². The lowest BCUT2D eigenvalue weighted by atomic mass is 9.76. The van der Waals surface area contributed by atoms with Gasteiger partial charge in [-0.3, -0.25) is 4.79 Å². The van der Waals surface area contributed by atoms with E-state index in [9.17, 15) is 9.59 Å². The third-order valence-electron chi connectivity index (χ3n) is 5.93. The topological polar surface area (TPSA) is 86.3 Å². The Bertz CT molecular complexity index is 941. The molecule has 0 unspecified atom stereocenters. The van der Waals surface area contributed by atoms with Gasteiger partial charge in [-0.25, -0.2) is 4.79 Å². The lowest BCUT2D eigenvalue weighted by molar-refractivity contribution is -0.159. The van der Waals surface area contributed by atoms with Crippen molar-refractivity contribution >= 4 is 17.7 Å². The smallest absolute Gasteiger partial charge is 0.321 e. The first-order valence-electron chi connectivity index (χ1n) is 10.9. The number of rotatable bonds is 7. The summed E-state index contributed by atoms with van der Waals surface area (Å²) in [6.07, 6.45) is 1.59. The van der Waals surface area contributed by atoms with Gasteiger partial charge in [-0.05, 0) is 50.5 Å². The number of carbonyl (C=O) groups excluding carboxylic acids is 2. The number of nitrogens with one attached hydrogen (secondary N) is 1. The summed E-state index contributed by atoms with van der Waals surface area (Å²) in [5.74, 6) is 1.83. The molecule has 2 amide bonds. The SMILES string of the molecule is CCOC(=O)C1(CCOc2ccccc2)CCN(C(=O)Nc2ccc3c(c2)OCO3)CC1. The van der Waals surface area contributed by atoms with Crippen LogP contribution >= 0.6 is 0 Å². The van der Waals surface area contributed by atoms with Crippen LogP contribution in [-0.4, -0.2) is 50.0 Å². The lowest BCUT2D eigenvalue weighted by Crippen LogP contribution is -2.48. The van der Waals surface area contributed by atoms with Crippen molar-refractivity contribution in [3.05, 3.63) is 48.5 Å². The normalized spacial score (nSPS) is 16.3. The Kier molecular flexibility index (Phi) is 6.68. The van der Waals surface area contributed by atoms with E-state index >= 15 is 0 Å². The highest BCUT2D eigenvalue weighted by molar-refractivity contribution is 5.90. The van der Waals surface area contributed by atoms with Gasteiger partial charge >= 0.3 is 12.0 Å². The van der Waals surface area contributed by atoms with E-state index in [0.29, 0.717) is 62.8 Å². The minimum Gasteiger partial charge on any atom is -0.494 e. The third-order valence-corrected chi connectivity index (χ3v) is 5.93. The molecule has 1 fully saturated rings. The van der Waals surface area contributed by atoms with Gasteiger partial charge in [0.05, 0.1) is 18.6 Å². The number of benzene rings is 2. The second-order valence-electron chi connectivity index (χ2n) is 7.90. The van der Waals surface area contributed by atoms with E-state index in [-0.39, 0.29) is 18.8 Å². The molecule has 0 saturated carbocycles. The van der Waals surface area contributed by atoms with Gasteiger partial charge in [0.1, 0.15) is 5.75 Å². The Balaban J connectivity index is 1.34. The van der Waals surface area contributed by atoms with E-state index in [4.69, 9.17) is 18.9 Å². The number of anilines is 1. The van der Waals surface area contributed by atoms with E-state index in [2.05, 4.69) is 5.32 Å². The summed E-state index contributed by atoms with van der Waals surface area (Å²) in [6, 6.07) is 14.6. The molecule has 8 heteroatoms. The van der Waals surface area contributed by atoms with E-state index < -0.39 is 5.41 Å². The molecule has 1 N–H and O–H groups in total. The molecule has 0 atom stereocenters. The molecule has 2 heterocycles. The highest BCUT2D eigenvalue weighted by atomic mass is 16.7. The molecule has 0 bridgehead atoms. The van der Waals surface area contributed by atoms with E-state index in [1.165, 1.54) is 0 Å². The number of piperidine rings is 1. The number of ether oxygens (including phenoxy) is 4. The monoisotopic (exact) mass is 440 g/mol. The Hall–Kier alpha value is -3.42. The predicted molar refractivity (Wildman–Crippen MR) is 118 cm³/mol. The zero-order valence-electron chi connectivity index (χ0n) is 18.2. The maximum Gasteiger partial charge on any atom is 0.321 e. The summed E-state index contributed by atoms with van der Waals surface area (Å²) < 4.78 is 21.9. The van der Waals surface area contributed by atoms with Crippen molar-refractivity contribution in [2.75, 3.05) is 38.4 Å². The van der Waals surface area contributed by atoms with Crippen LogP contribution in [0.1, 0.15) is 26.2 Å². The molecular weight excluding hydrogens is 412 g/mol. The van der Waals surface area contributed by atoms with Gasteiger partial charge in [0.25, 0.3) is 0 Å². The van der Waals surface area contributed by atoms with Crippen molar-refractivity contribution in [1.29, 1.82) is 0 Å². The summed E-state index contributed by atoms with van der Waals surface area (Å²) in [5.41, 5.74) is -0.0157. The maximum atomic E-state index is 12.8. The van der Waals surface area contributed by atoms with Gasteiger partial charge in [0.15, 0.2) is 11.5 Å². The van der Waals surface area contributed by atoms with E-state index in [1.54, 1.807) is 30.0 Å². The fourth-order valence-corrected chi connectivity index (χ4v) is 4.04. The molecule has 170 valence electrons. The van der Waals surface area contributed by atoms with E-state index in [1.807, 2.05) is 30.3 Å². The maximum absolute atomic E-state index is 12.8. The van der Waals surface area contributed by atoms with Gasteiger partial charge in [0.2, 0.25) is 6.79 Å². The largest absolute Gasteiger partial charge is 0.494 e. The Labute approximate surface area is 187 Å². The fraction of sp³-hybridized carbons (Fsp3) is 0.417. The highest BCUT2D eigenvalue weighted by Crippen LogP contribution is 2.38. The zero-order chi connectivity index (χ0) is 22.4. The van der Waals surface area contributed by atoms with Crippen LogP contribution in [0.3, 0.4) is 0 Å². The van der Waals surface area contributed by atoms with Gasteiger partial charge < -0.3 is 29.2 Å². The minimum absolute atomic E-state index is 0.183. The Morgan fingerprint density at radius 2 is 1.81 bits per heavy atom. The molecule has 2 aliphatic heterocycles. The molecular formula is C24H28N2O6. The summed E-state index contributed by atoms with van der Waals surface area (Å²) >= 11 is 0. The number of nitrogens with zero attached hydrogens (tertiary/aromatic N) is 1. The van der Waals surface area contributed by atoms with Crippen LogP contribution in [-0.2, 0) is 9.53 Å². The van der Waals surface area contributed by atoms with Crippen LogP contribution in [0.15, 0.2) is 48.5 Å². The van der Waals surface area contributed by atoms with Crippen molar-refractivity contribution in [3.63, 3.8) is 0 Å². The van der Waals surface area contributed by atoms with Crippen LogP contribution in [0.4, 0.5) is 10.5 Å². The first-order chi connectivity index (χ1) is 15.6. The predicted octanol–water partition coefficient (Wildman–Crippen LogP) is 4.06. The molecule has 1 saturated heterocycles. The number of para-hydroxylation sites is 1. The van der Waals surface area contributed by atoms with Gasteiger partial charge in [0, 0.05) is 24.8 Å². The second-order valence-corrected chi connectivity index (χ2v) is 7.90. The average molecular weight is 440 g/mol. The Morgan fingerprint density at radius 1 is 1.06 bits per heavy atom. The molecule has 0 aromatic heterocycles. The van der Waals surface area contributed by atoms with Crippen LogP contribution in [0.25, 0.3) is 0 Å². The van der Waals surface area contributed by atoms with Crippen molar-refractivity contribution in [3.8, 4) is 17.2 Å². The standard InChI is InChI=1S/C24H28N2O6/c1-2-29-22(27)24(12-15-30-19-6-4-3-5-7-19)10-13-26(14-11-24)23(28)25-18-8-9-20-21(16-18)32-17-31-20/h3-9,16H,2,10-15,17H2,1H3,(H,25,28). The molecule has 32 heavy (non-hydrogen) atoms. The number of amides is 2. The van der Waals surface area contributed by atoms with Crippen LogP contribution in [0.2, 0.25) is 0 Å². The first kappa shape index (κ1) is 21.8. The summed E-state index contributed by atoms with van der Waals surface area (Å²) in [4.78, 5) is 27.3. The molecule has 4 rings (SSSR count). The summed E-state index contributed by atoms with van der Waals surface area (Å²) in [5, 5.41) is 2.90. The zero-order valence-corrected chi connectivity index (χ0v) is 18.2. The Morgan fingerprint density at radius 3 is 2.56 bits per heavy atom. The lowest BCUT2D eigenvalue weighted by Gasteiger charge is -2.39. The van der Waals surface area contributed by atoms with Gasteiger partial charge in [-0.15, -0.1) is 0 Å². The minimum atomic E-state index is -0.652. The molecule has 0 radical (unpaired) electrons. The second kappa shape index (κ2) is 9.80. The quantitative estimate of drug-likeness (QED) is 0.654. The number of likely N-dealkylation sites (tertiary alicyclic amines) is 1. The summed E-state index contributed by atoms with van der Waals surface area (Å²) in [6.45, 7) is 3.64. The van der Waals surface area contributed by atoms with Crippen LogP contribution in [0.5, 0.6) is 17.2 Å². The average Bonchev–Trinajstić information content (AvgIpc) is 3.28. The number of fused-ring (bicyclic) bond motifs is 1. The third kappa shape index (κ3) is 4.90. The first-order valence-corrected chi connectivity index (χ1v) is 10.9. The van der Waals surface area contributed by atoms with Crippen molar-refractivity contribution < 1.29 is 28.5 Å². The van der Waals surface area contributed by atoms with Crippen molar-refractivity contribution in [1.82, 2.24) is 4.90 Å². The molecule has 0 aliphatic carbocycles. The van der Waals surface area contributed by atoms with Crippen LogP contribution in [0, 0.1) is 5.41 Å². The number of esters is 1. The molecule has 2 aromatic rings. The number of urea groups is 1. The highest BCUT2D eigenvalue weighted by Gasteiger charge is 2.43. The van der Waals surface area contributed by atoms with Crippen molar-refractivity contribution in [2.45, 2.75) is 26.2 Å². The number of hydrogen-bond acceptors (Lipinski definition) is 6. The van der Waals surface area contributed by atoms with E-state index in [0.717, 1.165) is 5.75 Å².